The van der Waals surface area contributed by atoms with Gasteiger partial charge in [-0.05, 0) is 25.0 Å². The maximum atomic E-state index is 12.6. The molecule has 94 valence electrons. The molecule has 1 aromatic rings. The first-order valence-corrected chi connectivity index (χ1v) is 6.41. The predicted molar refractivity (Wildman–Crippen MR) is 54.8 cm³/mol. The monoisotopic (exact) mass is 265 g/mol. The van der Waals surface area contributed by atoms with E-state index in [0.29, 0.717) is 0 Å². The van der Waals surface area contributed by atoms with E-state index >= 15 is 0 Å². The molecule has 0 heterocycles. The lowest BCUT2D eigenvalue weighted by atomic mass is 10.3. The molecule has 1 saturated carbocycles. The fraction of sp³-hybridized carbons (Fsp3) is 0.400. The largest absolute Gasteiger partial charge is 0.407 e. The van der Waals surface area contributed by atoms with Crippen LogP contribution < -0.4 is 4.72 Å². The summed E-state index contributed by atoms with van der Waals surface area (Å²) in [5, 5.41) is 0. The molecule has 0 aromatic heterocycles. The van der Waals surface area contributed by atoms with E-state index in [2.05, 4.69) is 0 Å². The van der Waals surface area contributed by atoms with Crippen LogP contribution in [0.5, 0.6) is 0 Å². The Morgan fingerprint density at radius 2 is 1.65 bits per heavy atom. The molecule has 7 heteroatoms. The minimum Gasteiger partial charge on any atom is -0.207 e. The first-order valence-electron chi connectivity index (χ1n) is 4.93. The smallest absolute Gasteiger partial charge is 0.207 e. The maximum absolute atomic E-state index is 12.6. The van der Waals surface area contributed by atoms with Gasteiger partial charge in [-0.3, -0.25) is 0 Å². The standard InChI is InChI=1S/C10H10F3NO2S/c11-10(12,13)9(6-7-9)14-17(15,16)8-4-2-1-3-5-8/h1-5,14H,6-7H2. The van der Waals surface area contributed by atoms with Gasteiger partial charge in [-0.25, -0.2) is 8.42 Å². The van der Waals surface area contributed by atoms with Crippen LogP contribution in [0.1, 0.15) is 12.8 Å². The summed E-state index contributed by atoms with van der Waals surface area (Å²) in [6.07, 6.45) is -4.96. The molecule has 1 aliphatic carbocycles. The summed E-state index contributed by atoms with van der Waals surface area (Å²) in [5.74, 6) is 0. The van der Waals surface area contributed by atoms with E-state index in [-0.39, 0.29) is 17.7 Å². The first kappa shape index (κ1) is 12.4. The minimum atomic E-state index is -4.55. The highest BCUT2D eigenvalue weighted by Crippen LogP contribution is 2.49. The van der Waals surface area contributed by atoms with Crippen molar-refractivity contribution in [3.05, 3.63) is 30.3 Å². The van der Waals surface area contributed by atoms with E-state index < -0.39 is 21.7 Å². The van der Waals surface area contributed by atoms with Crippen molar-refractivity contribution in [3.63, 3.8) is 0 Å². The van der Waals surface area contributed by atoms with Gasteiger partial charge >= 0.3 is 6.18 Å². The average Bonchev–Trinajstić information content (AvgIpc) is 2.99. The number of sulfonamides is 1. The molecule has 0 radical (unpaired) electrons. The van der Waals surface area contributed by atoms with Crippen LogP contribution in [0.25, 0.3) is 0 Å². The van der Waals surface area contributed by atoms with Gasteiger partial charge < -0.3 is 0 Å². The lowest BCUT2D eigenvalue weighted by molar-refractivity contribution is -0.160. The van der Waals surface area contributed by atoms with Gasteiger partial charge in [0, 0.05) is 0 Å². The van der Waals surface area contributed by atoms with Crippen LogP contribution in [0.4, 0.5) is 13.2 Å². The molecule has 1 fully saturated rings. The lowest BCUT2D eigenvalue weighted by Gasteiger charge is -2.20. The Kier molecular flexibility index (Phi) is 2.70. The summed E-state index contributed by atoms with van der Waals surface area (Å²) in [4.78, 5) is -0.157. The molecule has 0 amide bonds. The molecule has 1 aromatic carbocycles. The number of hydrogen-bond acceptors (Lipinski definition) is 2. The fourth-order valence-corrected chi connectivity index (χ4v) is 2.95. The Bertz CT molecular complexity index is 506. The lowest BCUT2D eigenvalue weighted by Crippen LogP contribution is -2.47. The number of hydrogen-bond donors (Lipinski definition) is 1. The van der Waals surface area contributed by atoms with Crippen molar-refractivity contribution in [3.8, 4) is 0 Å². The zero-order valence-electron chi connectivity index (χ0n) is 8.66. The molecular weight excluding hydrogens is 255 g/mol. The van der Waals surface area contributed by atoms with Gasteiger partial charge in [0.25, 0.3) is 0 Å². The Morgan fingerprint density at radius 1 is 1.12 bits per heavy atom. The number of alkyl halides is 3. The molecule has 0 atom stereocenters. The fourth-order valence-electron chi connectivity index (χ4n) is 1.48. The molecule has 1 N–H and O–H groups in total. The summed E-state index contributed by atoms with van der Waals surface area (Å²) in [6.45, 7) is 0. The van der Waals surface area contributed by atoms with E-state index in [0.717, 1.165) is 0 Å². The Morgan fingerprint density at radius 3 is 2.06 bits per heavy atom. The highest BCUT2D eigenvalue weighted by molar-refractivity contribution is 7.89. The zero-order chi connectivity index (χ0) is 12.7. The van der Waals surface area contributed by atoms with Crippen LogP contribution in [0.2, 0.25) is 0 Å². The first-order chi connectivity index (χ1) is 7.77. The molecule has 0 saturated heterocycles. The Hall–Kier alpha value is -1.08. The van der Waals surface area contributed by atoms with E-state index in [1.54, 1.807) is 10.8 Å². The SMILES string of the molecule is O=S(=O)(NC1(C(F)(F)F)CC1)c1ccccc1. The van der Waals surface area contributed by atoms with Crippen molar-refractivity contribution in [1.29, 1.82) is 0 Å². The normalized spacial score (nSPS) is 19.0. The summed E-state index contributed by atoms with van der Waals surface area (Å²) >= 11 is 0. The summed E-state index contributed by atoms with van der Waals surface area (Å²) in [6, 6.07) is 7.03. The summed E-state index contributed by atoms with van der Waals surface area (Å²) in [5.41, 5.74) is -2.26. The Labute approximate surface area is 96.7 Å². The predicted octanol–water partition coefficient (Wildman–Crippen LogP) is 2.06. The third-order valence-electron chi connectivity index (χ3n) is 2.68. The van der Waals surface area contributed by atoms with E-state index in [1.807, 2.05) is 0 Å². The molecule has 0 aliphatic heterocycles. The van der Waals surface area contributed by atoms with Crippen LogP contribution in [-0.4, -0.2) is 20.1 Å². The molecule has 0 spiro atoms. The van der Waals surface area contributed by atoms with Gasteiger partial charge in [0.15, 0.2) is 0 Å². The van der Waals surface area contributed by atoms with Crippen LogP contribution in [0.15, 0.2) is 35.2 Å². The van der Waals surface area contributed by atoms with Crippen LogP contribution >= 0.6 is 0 Å². The van der Waals surface area contributed by atoms with Crippen LogP contribution in [0, 0.1) is 0 Å². The van der Waals surface area contributed by atoms with Gasteiger partial charge in [-0.15, -0.1) is 0 Å². The van der Waals surface area contributed by atoms with Gasteiger partial charge in [-0.2, -0.15) is 17.9 Å². The third-order valence-corrected chi connectivity index (χ3v) is 4.23. The molecule has 3 nitrogen and oxygen atoms in total. The highest BCUT2D eigenvalue weighted by atomic mass is 32.2. The van der Waals surface area contributed by atoms with Crippen molar-refractivity contribution < 1.29 is 21.6 Å². The molecular formula is C10H10F3NO2S. The number of rotatable bonds is 3. The second-order valence-electron chi connectivity index (χ2n) is 4.00. The van der Waals surface area contributed by atoms with Crippen molar-refractivity contribution in [2.45, 2.75) is 29.5 Å². The maximum Gasteiger partial charge on any atom is 0.407 e. The van der Waals surface area contributed by atoms with E-state index in [1.165, 1.54) is 24.3 Å². The van der Waals surface area contributed by atoms with Crippen molar-refractivity contribution in [1.82, 2.24) is 4.72 Å². The van der Waals surface area contributed by atoms with Crippen LogP contribution in [-0.2, 0) is 10.0 Å². The molecule has 2 rings (SSSR count). The van der Waals surface area contributed by atoms with Crippen LogP contribution in [0.3, 0.4) is 0 Å². The second kappa shape index (κ2) is 3.71. The van der Waals surface area contributed by atoms with Crippen molar-refractivity contribution in [2.24, 2.45) is 0 Å². The number of benzene rings is 1. The summed E-state index contributed by atoms with van der Waals surface area (Å²) in [7, 11) is -4.11. The molecule has 0 unspecified atom stereocenters. The second-order valence-corrected chi connectivity index (χ2v) is 5.68. The van der Waals surface area contributed by atoms with E-state index in [4.69, 9.17) is 0 Å². The minimum absolute atomic E-state index is 0.157. The summed E-state index contributed by atoms with van der Waals surface area (Å²) < 4.78 is 63.0. The number of nitrogens with one attached hydrogen (secondary N) is 1. The van der Waals surface area contributed by atoms with Gasteiger partial charge in [0.05, 0.1) is 4.90 Å². The highest BCUT2D eigenvalue weighted by Gasteiger charge is 2.65. The quantitative estimate of drug-likeness (QED) is 0.909. The van der Waals surface area contributed by atoms with Gasteiger partial charge in [-0.1, -0.05) is 18.2 Å². The average molecular weight is 265 g/mol. The van der Waals surface area contributed by atoms with Gasteiger partial charge in [0.1, 0.15) is 5.54 Å². The molecule has 0 bridgehead atoms. The van der Waals surface area contributed by atoms with Crippen molar-refractivity contribution in [2.75, 3.05) is 0 Å². The topological polar surface area (TPSA) is 46.2 Å². The molecule has 1 aliphatic rings. The van der Waals surface area contributed by atoms with Crippen molar-refractivity contribution >= 4 is 10.0 Å². The number of halogens is 3. The molecule has 17 heavy (non-hydrogen) atoms. The van der Waals surface area contributed by atoms with Gasteiger partial charge in [0.2, 0.25) is 10.0 Å². The van der Waals surface area contributed by atoms with E-state index in [9.17, 15) is 21.6 Å². The third kappa shape index (κ3) is 2.30. The Balaban J connectivity index is 2.26. The zero-order valence-corrected chi connectivity index (χ0v) is 9.48.